The van der Waals surface area contributed by atoms with Gasteiger partial charge in [0.2, 0.25) is 11.7 Å². The molecule has 0 fully saturated rings. The smallest absolute Gasteiger partial charge is 0.250 e. The van der Waals surface area contributed by atoms with Gasteiger partial charge < -0.3 is 14.2 Å². The second kappa shape index (κ2) is 9.89. The number of amides is 1. The van der Waals surface area contributed by atoms with E-state index in [1.165, 1.54) is 50.9 Å². The number of hydrogen-bond acceptors (Lipinski definition) is 6. The quantitative estimate of drug-likeness (QED) is 0.533. The fourth-order valence-corrected chi connectivity index (χ4v) is 3.66. The summed E-state index contributed by atoms with van der Waals surface area (Å²) in [5, 5.41) is 3.20. The first-order valence-electron chi connectivity index (χ1n) is 9.00. The Balaban J connectivity index is 1.66. The molecule has 30 heavy (non-hydrogen) atoms. The van der Waals surface area contributed by atoms with E-state index < -0.39 is 0 Å². The molecule has 1 heterocycles. The van der Waals surface area contributed by atoms with E-state index in [2.05, 4.69) is 10.3 Å². The number of anilines is 1. The Morgan fingerprint density at radius 2 is 1.87 bits per heavy atom. The van der Waals surface area contributed by atoms with Crippen LogP contribution in [0, 0.1) is 5.82 Å². The summed E-state index contributed by atoms with van der Waals surface area (Å²) >= 11 is 1.34. The molecule has 0 bridgehead atoms. The summed E-state index contributed by atoms with van der Waals surface area (Å²) in [7, 11) is 4.59. The molecule has 0 atom stereocenters. The van der Waals surface area contributed by atoms with E-state index >= 15 is 0 Å². The molecule has 1 N–H and O–H groups in total. The molecule has 2 aromatic carbocycles. The third kappa shape index (κ3) is 5.36. The standard InChI is InChI=1S/C22H21FN2O4S/c1-27-18-11-15(12-19(28-2)21(18)29-3)7-8-20(26)25-22-24-13-17(30-22)10-14-5-4-6-16(23)9-14/h4-9,11-13H,10H2,1-3H3,(H,24,25,26)/b8-7+. The molecule has 3 rings (SSSR count). The highest BCUT2D eigenvalue weighted by Crippen LogP contribution is 2.38. The predicted octanol–water partition coefficient (Wildman–Crippen LogP) is 4.55. The van der Waals surface area contributed by atoms with Crippen LogP contribution >= 0.6 is 11.3 Å². The van der Waals surface area contributed by atoms with Gasteiger partial charge in [0.25, 0.3) is 0 Å². The van der Waals surface area contributed by atoms with Crippen molar-refractivity contribution in [3.8, 4) is 17.2 Å². The number of aromatic nitrogens is 1. The molecule has 0 aliphatic heterocycles. The number of carbonyl (C=O) groups is 1. The fraction of sp³-hybridized carbons (Fsp3) is 0.182. The van der Waals surface area contributed by atoms with E-state index in [0.717, 1.165) is 10.4 Å². The molecule has 0 unspecified atom stereocenters. The highest BCUT2D eigenvalue weighted by molar-refractivity contribution is 7.15. The highest BCUT2D eigenvalue weighted by atomic mass is 32.1. The van der Waals surface area contributed by atoms with Gasteiger partial charge in [-0.05, 0) is 41.5 Å². The van der Waals surface area contributed by atoms with Crippen molar-refractivity contribution in [1.82, 2.24) is 4.98 Å². The maximum atomic E-state index is 13.3. The van der Waals surface area contributed by atoms with Crippen LogP contribution in [0.3, 0.4) is 0 Å². The number of nitrogens with one attached hydrogen (secondary N) is 1. The van der Waals surface area contributed by atoms with Crippen LogP contribution in [-0.4, -0.2) is 32.2 Å². The largest absolute Gasteiger partial charge is 0.493 e. The highest BCUT2D eigenvalue weighted by Gasteiger charge is 2.12. The monoisotopic (exact) mass is 428 g/mol. The second-order valence-corrected chi connectivity index (χ2v) is 7.33. The van der Waals surface area contributed by atoms with E-state index in [0.29, 0.717) is 34.4 Å². The Morgan fingerprint density at radius 1 is 1.13 bits per heavy atom. The molecular formula is C22H21FN2O4S. The third-order valence-electron chi connectivity index (χ3n) is 4.17. The summed E-state index contributed by atoms with van der Waals surface area (Å²) < 4.78 is 29.2. The number of thiazole rings is 1. The van der Waals surface area contributed by atoms with Crippen LogP contribution < -0.4 is 19.5 Å². The number of ether oxygens (including phenoxy) is 3. The first-order chi connectivity index (χ1) is 14.5. The minimum absolute atomic E-state index is 0.275. The SMILES string of the molecule is COc1cc(/C=C/C(=O)Nc2ncc(Cc3cccc(F)c3)s2)cc(OC)c1OC. The van der Waals surface area contributed by atoms with Crippen LogP contribution in [0.1, 0.15) is 16.0 Å². The molecule has 8 heteroatoms. The van der Waals surface area contributed by atoms with Crippen molar-refractivity contribution >= 4 is 28.5 Å². The Hall–Kier alpha value is -3.39. The van der Waals surface area contributed by atoms with Crippen LogP contribution in [0.15, 0.2) is 48.7 Å². The fourth-order valence-electron chi connectivity index (χ4n) is 2.81. The lowest BCUT2D eigenvalue weighted by Gasteiger charge is -2.12. The Kier molecular flexibility index (Phi) is 7.03. The van der Waals surface area contributed by atoms with Crippen molar-refractivity contribution in [2.45, 2.75) is 6.42 Å². The number of benzene rings is 2. The summed E-state index contributed by atoms with van der Waals surface area (Å²) in [5.74, 6) is 0.880. The predicted molar refractivity (Wildman–Crippen MR) is 115 cm³/mol. The number of halogens is 1. The number of rotatable bonds is 8. The lowest BCUT2D eigenvalue weighted by atomic mass is 10.1. The van der Waals surface area contributed by atoms with Gasteiger partial charge in [-0.15, -0.1) is 11.3 Å². The van der Waals surface area contributed by atoms with Gasteiger partial charge in [0.05, 0.1) is 21.3 Å². The lowest BCUT2D eigenvalue weighted by molar-refractivity contribution is -0.111. The summed E-state index contributed by atoms with van der Waals surface area (Å²) in [6.45, 7) is 0. The minimum atomic E-state index is -0.324. The van der Waals surface area contributed by atoms with E-state index in [-0.39, 0.29) is 11.7 Å². The zero-order valence-electron chi connectivity index (χ0n) is 16.8. The van der Waals surface area contributed by atoms with Crippen LogP contribution in [0.2, 0.25) is 0 Å². The zero-order valence-corrected chi connectivity index (χ0v) is 17.6. The van der Waals surface area contributed by atoms with Crippen LogP contribution in [0.4, 0.5) is 9.52 Å². The van der Waals surface area contributed by atoms with Crippen molar-refractivity contribution < 1.29 is 23.4 Å². The average Bonchev–Trinajstić information content (AvgIpc) is 3.17. The molecular weight excluding hydrogens is 407 g/mol. The molecule has 1 aromatic heterocycles. The summed E-state index contributed by atoms with van der Waals surface area (Å²) in [6.07, 6.45) is 5.26. The van der Waals surface area contributed by atoms with E-state index in [4.69, 9.17) is 14.2 Å². The molecule has 0 aliphatic carbocycles. The van der Waals surface area contributed by atoms with Crippen molar-refractivity contribution in [3.63, 3.8) is 0 Å². The Labute approximate surface area is 177 Å². The minimum Gasteiger partial charge on any atom is -0.493 e. The van der Waals surface area contributed by atoms with Gasteiger partial charge >= 0.3 is 0 Å². The van der Waals surface area contributed by atoms with Crippen molar-refractivity contribution in [1.29, 1.82) is 0 Å². The number of hydrogen-bond donors (Lipinski definition) is 1. The first kappa shape index (κ1) is 21.3. The van der Waals surface area contributed by atoms with Gasteiger partial charge in [0, 0.05) is 23.6 Å². The molecule has 1 amide bonds. The normalized spacial score (nSPS) is 10.8. The van der Waals surface area contributed by atoms with E-state index in [1.807, 2.05) is 6.07 Å². The lowest BCUT2D eigenvalue weighted by Crippen LogP contribution is -2.07. The number of methoxy groups -OCH3 is 3. The van der Waals surface area contributed by atoms with Crippen LogP contribution in [0.5, 0.6) is 17.2 Å². The van der Waals surface area contributed by atoms with Gasteiger partial charge in [0.15, 0.2) is 16.6 Å². The topological polar surface area (TPSA) is 69.7 Å². The second-order valence-electron chi connectivity index (χ2n) is 6.22. The van der Waals surface area contributed by atoms with Gasteiger partial charge in [-0.1, -0.05) is 12.1 Å². The first-order valence-corrected chi connectivity index (χ1v) is 9.82. The molecule has 0 saturated heterocycles. The van der Waals surface area contributed by atoms with Crippen molar-refractivity contribution in [2.24, 2.45) is 0 Å². The average molecular weight is 428 g/mol. The number of carbonyl (C=O) groups excluding carboxylic acids is 1. The molecule has 0 radical (unpaired) electrons. The Bertz CT molecular complexity index is 1040. The van der Waals surface area contributed by atoms with E-state index in [9.17, 15) is 9.18 Å². The van der Waals surface area contributed by atoms with Crippen LogP contribution in [0.25, 0.3) is 6.08 Å². The van der Waals surface area contributed by atoms with Gasteiger partial charge in [0.1, 0.15) is 5.82 Å². The van der Waals surface area contributed by atoms with E-state index in [1.54, 1.807) is 30.5 Å². The molecule has 0 aliphatic rings. The van der Waals surface area contributed by atoms with Gasteiger partial charge in [-0.25, -0.2) is 9.37 Å². The summed E-state index contributed by atoms with van der Waals surface area (Å²) in [6, 6.07) is 9.89. The molecule has 156 valence electrons. The Morgan fingerprint density at radius 3 is 2.50 bits per heavy atom. The molecule has 0 saturated carbocycles. The molecule has 6 nitrogen and oxygen atoms in total. The number of nitrogens with zero attached hydrogens (tertiary/aromatic N) is 1. The van der Waals surface area contributed by atoms with Crippen LogP contribution in [-0.2, 0) is 11.2 Å². The van der Waals surface area contributed by atoms with Gasteiger partial charge in [-0.2, -0.15) is 0 Å². The molecule has 0 spiro atoms. The van der Waals surface area contributed by atoms with Crippen molar-refractivity contribution in [2.75, 3.05) is 26.6 Å². The van der Waals surface area contributed by atoms with Crippen molar-refractivity contribution in [3.05, 3.63) is 70.5 Å². The summed E-state index contributed by atoms with van der Waals surface area (Å²) in [4.78, 5) is 17.4. The third-order valence-corrected chi connectivity index (χ3v) is 5.08. The zero-order chi connectivity index (χ0) is 21.5. The maximum absolute atomic E-state index is 13.3. The van der Waals surface area contributed by atoms with Gasteiger partial charge in [-0.3, -0.25) is 10.1 Å². The maximum Gasteiger partial charge on any atom is 0.250 e. The summed E-state index contributed by atoms with van der Waals surface area (Å²) in [5.41, 5.74) is 1.56. The molecule has 3 aromatic rings.